The molecule has 0 radical (unpaired) electrons. The summed E-state index contributed by atoms with van der Waals surface area (Å²) in [6, 6.07) is 7.24. The Labute approximate surface area is 134 Å². The zero-order valence-electron chi connectivity index (χ0n) is 11.1. The average molecular weight is 339 g/mol. The van der Waals surface area contributed by atoms with E-state index in [-0.39, 0.29) is 23.2 Å². The van der Waals surface area contributed by atoms with Gasteiger partial charge >= 0.3 is 0 Å². The first-order valence-corrected chi connectivity index (χ1v) is 7.02. The van der Waals surface area contributed by atoms with Gasteiger partial charge in [0.05, 0.1) is 6.20 Å². The highest BCUT2D eigenvalue weighted by Crippen LogP contribution is 2.17. The van der Waals surface area contributed by atoms with E-state index in [0.29, 0.717) is 16.4 Å². The van der Waals surface area contributed by atoms with Gasteiger partial charge < -0.3 is 5.32 Å². The molecule has 0 aliphatic heterocycles. The minimum atomic E-state index is -0.427. The highest BCUT2D eigenvalue weighted by atomic mass is 35.5. The van der Waals surface area contributed by atoms with Crippen LogP contribution in [0.1, 0.15) is 16.1 Å². The van der Waals surface area contributed by atoms with E-state index >= 15 is 0 Å². The fourth-order valence-corrected chi connectivity index (χ4v) is 2.28. The van der Waals surface area contributed by atoms with Crippen molar-refractivity contribution in [2.45, 2.75) is 6.54 Å². The Bertz CT molecular complexity index is 865. The van der Waals surface area contributed by atoms with Gasteiger partial charge in [-0.05, 0) is 29.8 Å². The number of carbonyl (C=O) groups excluding carboxylic acids is 1. The second-order valence-electron chi connectivity index (χ2n) is 4.50. The number of carbonyl (C=O) groups is 1. The van der Waals surface area contributed by atoms with Gasteiger partial charge in [0.2, 0.25) is 0 Å². The number of benzene rings is 1. The van der Waals surface area contributed by atoms with E-state index in [9.17, 15) is 9.18 Å². The van der Waals surface area contributed by atoms with Gasteiger partial charge in [-0.15, -0.1) is 0 Å². The van der Waals surface area contributed by atoms with Crippen LogP contribution in [-0.4, -0.2) is 20.5 Å². The van der Waals surface area contributed by atoms with Gasteiger partial charge in [0.25, 0.3) is 5.91 Å². The standard InChI is InChI=1S/C14H9Cl2FN4O/c15-10-5-9(17)2-1-8(10)6-18-14(22)11-7-21-13(19-11)4-3-12(16)20-21/h1-5,7H,6H2,(H,18,22). The highest BCUT2D eigenvalue weighted by Gasteiger charge is 2.12. The summed E-state index contributed by atoms with van der Waals surface area (Å²) in [5.41, 5.74) is 1.32. The first-order valence-electron chi connectivity index (χ1n) is 6.27. The third-order valence-electron chi connectivity index (χ3n) is 2.97. The summed E-state index contributed by atoms with van der Waals surface area (Å²) in [4.78, 5) is 16.2. The van der Waals surface area contributed by atoms with E-state index in [2.05, 4.69) is 15.4 Å². The van der Waals surface area contributed by atoms with Crippen LogP contribution < -0.4 is 5.32 Å². The van der Waals surface area contributed by atoms with Gasteiger partial charge in [-0.3, -0.25) is 4.79 Å². The molecule has 0 bridgehead atoms. The van der Waals surface area contributed by atoms with E-state index in [1.807, 2.05) is 0 Å². The lowest BCUT2D eigenvalue weighted by Gasteiger charge is -2.05. The topological polar surface area (TPSA) is 59.3 Å². The van der Waals surface area contributed by atoms with E-state index in [4.69, 9.17) is 23.2 Å². The van der Waals surface area contributed by atoms with Crippen molar-refractivity contribution < 1.29 is 9.18 Å². The lowest BCUT2D eigenvalue weighted by Crippen LogP contribution is -2.23. The summed E-state index contributed by atoms with van der Waals surface area (Å²) < 4.78 is 14.4. The second-order valence-corrected chi connectivity index (χ2v) is 5.30. The number of nitrogens with one attached hydrogen (secondary N) is 1. The number of hydrogen-bond acceptors (Lipinski definition) is 3. The van der Waals surface area contributed by atoms with E-state index in [1.54, 1.807) is 12.1 Å². The number of hydrogen-bond donors (Lipinski definition) is 1. The summed E-state index contributed by atoms with van der Waals surface area (Å²) in [5, 5.41) is 7.22. The molecule has 1 amide bonds. The molecular formula is C14H9Cl2FN4O. The van der Waals surface area contributed by atoms with Gasteiger partial charge in [0, 0.05) is 11.6 Å². The zero-order chi connectivity index (χ0) is 15.7. The van der Waals surface area contributed by atoms with Gasteiger partial charge in [0.15, 0.2) is 5.65 Å². The number of nitrogens with zero attached hydrogens (tertiary/aromatic N) is 3. The minimum absolute atomic E-state index is 0.167. The molecule has 3 rings (SSSR count). The number of fused-ring (bicyclic) bond motifs is 1. The summed E-state index contributed by atoms with van der Waals surface area (Å²) in [5.74, 6) is -0.814. The SMILES string of the molecule is O=C(NCc1ccc(F)cc1Cl)c1cn2nc(Cl)ccc2n1. The Kier molecular flexibility index (Phi) is 3.96. The van der Waals surface area contributed by atoms with E-state index < -0.39 is 5.82 Å². The Morgan fingerprint density at radius 3 is 2.86 bits per heavy atom. The molecule has 0 atom stereocenters. The Morgan fingerprint density at radius 2 is 2.09 bits per heavy atom. The summed E-state index contributed by atoms with van der Waals surface area (Å²) in [6.45, 7) is 0.167. The molecule has 0 spiro atoms. The van der Waals surface area contributed by atoms with Crippen LogP contribution >= 0.6 is 23.2 Å². The van der Waals surface area contributed by atoms with Crippen LogP contribution in [0.3, 0.4) is 0 Å². The molecule has 1 aromatic carbocycles. The van der Waals surface area contributed by atoms with Crippen molar-refractivity contribution in [1.29, 1.82) is 0 Å². The van der Waals surface area contributed by atoms with Crippen LogP contribution in [-0.2, 0) is 6.54 Å². The van der Waals surface area contributed by atoms with Crippen LogP contribution in [0.25, 0.3) is 5.65 Å². The van der Waals surface area contributed by atoms with Crippen LogP contribution in [0.2, 0.25) is 10.2 Å². The molecule has 0 aliphatic carbocycles. The maximum absolute atomic E-state index is 13.0. The largest absolute Gasteiger partial charge is 0.347 e. The van der Waals surface area contributed by atoms with Crippen LogP contribution in [0, 0.1) is 5.82 Å². The van der Waals surface area contributed by atoms with Crippen molar-refractivity contribution in [1.82, 2.24) is 19.9 Å². The molecule has 3 aromatic rings. The molecule has 2 aromatic heterocycles. The third-order valence-corrected chi connectivity index (χ3v) is 3.53. The van der Waals surface area contributed by atoms with Crippen molar-refractivity contribution in [3.63, 3.8) is 0 Å². The molecule has 8 heteroatoms. The molecular weight excluding hydrogens is 330 g/mol. The first kappa shape index (κ1) is 14.7. The Hall–Kier alpha value is -2.18. The normalized spacial score (nSPS) is 10.9. The van der Waals surface area contributed by atoms with Crippen molar-refractivity contribution in [3.8, 4) is 0 Å². The molecule has 0 aliphatic rings. The molecule has 0 saturated heterocycles. The maximum Gasteiger partial charge on any atom is 0.271 e. The van der Waals surface area contributed by atoms with Crippen LogP contribution in [0.4, 0.5) is 4.39 Å². The van der Waals surface area contributed by atoms with Crippen LogP contribution in [0.5, 0.6) is 0 Å². The quantitative estimate of drug-likeness (QED) is 0.798. The smallest absolute Gasteiger partial charge is 0.271 e. The van der Waals surface area contributed by atoms with Crippen molar-refractivity contribution in [3.05, 3.63) is 63.8 Å². The zero-order valence-corrected chi connectivity index (χ0v) is 12.6. The molecule has 1 N–H and O–H groups in total. The summed E-state index contributed by atoms with van der Waals surface area (Å²) >= 11 is 11.7. The van der Waals surface area contributed by atoms with Gasteiger partial charge in [0.1, 0.15) is 16.7 Å². The third kappa shape index (κ3) is 3.03. The van der Waals surface area contributed by atoms with Gasteiger partial charge in [-0.25, -0.2) is 13.9 Å². The summed E-state index contributed by atoms with van der Waals surface area (Å²) in [7, 11) is 0. The minimum Gasteiger partial charge on any atom is -0.347 e. The fraction of sp³-hybridized carbons (Fsp3) is 0.0714. The lowest BCUT2D eigenvalue weighted by atomic mass is 10.2. The van der Waals surface area contributed by atoms with Crippen molar-refractivity contribution in [2.24, 2.45) is 0 Å². The van der Waals surface area contributed by atoms with Crippen molar-refractivity contribution in [2.75, 3.05) is 0 Å². The fourth-order valence-electron chi connectivity index (χ4n) is 1.90. The molecule has 112 valence electrons. The van der Waals surface area contributed by atoms with Gasteiger partial charge in [-0.2, -0.15) is 5.10 Å². The lowest BCUT2D eigenvalue weighted by molar-refractivity contribution is 0.0946. The predicted molar refractivity (Wildman–Crippen MR) is 80.6 cm³/mol. The van der Waals surface area contributed by atoms with Crippen molar-refractivity contribution >= 4 is 34.8 Å². The highest BCUT2D eigenvalue weighted by molar-refractivity contribution is 6.31. The predicted octanol–water partition coefficient (Wildman–Crippen LogP) is 3.11. The maximum atomic E-state index is 13.0. The summed E-state index contributed by atoms with van der Waals surface area (Å²) in [6.07, 6.45) is 1.48. The molecule has 2 heterocycles. The number of rotatable bonds is 3. The Morgan fingerprint density at radius 1 is 1.27 bits per heavy atom. The van der Waals surface area contributed by atoms with Crippen LogP contribution in [0.15, 0.2) is 36.5 Å². The second kappa shape index (κ2) is 5.90. The first-order chi connectivity index (χ1) is 10.5. The average Bonchev–Trinajstić information content (AvgIpc) is 2.89. The van der Waals surface area contributed by atoms with E-state index in [1.165, 1.54) is 28.9 Å². The monoisotopic (exact) mass is 338 g/mol. The molecule has 22 heavy (non-hydrogen) atoms. The number of imidazole rings is 1. The molecule has 0 saturated carbocycles. The van der Waals surface area contributed by atoms with Gasteiger partial charge in [-0.1, -0.05) is 29.3 Å². The molecule has 5 nitrogen and oxygen atoms in total. The van der Waals surface area contributed by atoms with E-state index in [0.717, 1.165) is 0 Å². The molecule has 0 unspecified atom stereocenters. The molecule has 0 fully saturated rings. The Balaban J connectivity index is 1.75. The number of aromatic nitrogens is 3. The number of halogens is 3. The number of amides is 1.